The molecule has 3 aromatic heterocycles. The maximum Gasteiger partial charge on any atom is 0.262 e. The predicted molar refractivity (Wildman–Crippen MR) is 106 cm³/mol. The summed E-state index contributed by atoms with van der Waals surface area (Å²) < 4.78 is 0. The normalized spacial score (nSPS) is 32.7. The highest BCUT2D eigenvalue weighted by Gasteiger charge is 2.60. The lowest BCUT2D eigenvalue weighted by Gasteiger charge is -2.61. The minimum absolute atomic E-state index is 0.103. The number of fused-ring (bicyclic) bond motifs is 1. The zero-order chi connectivity index (χ0) is 19.8. The van der Waals surface area contributed by atoms with Gasteiger partial charge in [-0.05, 0) is 68.1 Å². The molecule has 2 atom stereocenters. The van der Waals surface area contributed by atoms with Crippen molar-refractivity contribution in [3.8, 4) is 0 Å². The topological polar surface area (TPSA) is 118 Å². The van der Waals surface area contributed by atoms with Crippen molar-refractivity contribution < 1.29 is 4.79 Å². The number of aryl methyl sites for hydroxylation is 1. The van der Waals surface area contributed by atoms with Crippen LogP contribution < -0.4 is 10.9 Å². The number of carbonyl (C=O) groups excluding carboxylic acids is 1. The second-order valence-electron chi connectivity index (χ2n) is 9.11. The molecule has 10 heteroatoms. The highest BCUT2D eigenvalue weighted by Crippen LogP contribution is 2.60. The molecule has 2 unspecified atom stereocenters. The average molecular weight is 411 g/mol. The van der Waals surface area contributed by atoms with Crippen LogP contribution in [0.1, 0.15) is 53.8 Å². The zero-order valence-corrected chi connectivity index (χ0v) is 16.8. The fraction of sp³-hybridized carbons (Fsp3) is 0.579. The van der Waals surface area contributed by atoms with E-state index in [0.717, 1.165) is 32.1 Å². The number of tetrazole rings is 1. The van der Waals surface area contributed by atoms with E-state index in [0.29, 0.717) is 32.5 Å². The Hall–Kier alpha value is -2.62. The van der Waals surface area contributed by atoms with Gasteiger partial charge in [-0.2, -0.15) is 4.80 Å². The van der Waals surface area contributed by atoms with Crippen LogP contribution in [0.4, 0.5) is 0 Å². The molecule has 4 aliphatic carbocycles. The van der Waals surface area contributed by atoms with E-state index in [2.05, 4.69) is 30.7 Å². The number of nitrogens with zero attached hydrogens (tertiary/aromatic N) is 5. The molecule has 0 spiro atoms. The van der Waals surface area contributed by atoms with Gasteiger partial charge in [0.1, 0.15) is 4.83 Å². The first-order valence-electron chi connectivity index (χ1n) is 10.00. The number of hydrogen-bond acceptors (Lipinski definition) is 7. The first-order valence-corrected chi connectivity index (χ1v) is 10.8. The predicted octanol–water partition coefficient (Wildman–Crippen LogP) is 1.76. The number of thiophene rings is 1. The molecule has 0 radical (unpaired) electrons. The summed E-state index contributed by atoms with van der Waals surface area (Å²) in [7, 11) is 0. The molecule has 3 aromatic rings. The molecule has 9 nitrogen and oxygen atoms in total. The Bertz CT molecular complexity index is 1170. The van der Waals surface area contributed by atoms with E-state index in [-0.39, 0.29) is 22.5 Å². The molecule has 0 saturated heterocycles. The Morgan fingerprint density at radius 2 is 2.10 bits per heavy atom. The standard InChI is InChI=1S/C19H21N7O2S/c1-10-13-15(27)20-8-21-17(13)29-14(10)16(28)24-18-3-11-2-12(4-18)6-19(5-11,7-18)26-23-9-22-25-26/h8-9,11-12H,2-7H2,1H3,(H,24,28)(H,20,21,27). The van der Waals surface area contributed by atoms with Crippen molar-refractivity contribution in [2.24, 2.45) is 11.8 Å². The second kappa shape index (κ2) is 5.71. The van der Waals surface area contributed by atoms with Crippen LogP contribution in [0.5, 0.6) is 0 Å². The van der Waals surface area contributed by atoms with Gasteiger partial charge >= 0.3 is 0 Å². The highest BCUT2D eigenvalue weighted by molar-refractivity contribution is 7.20. The van der Waals surface area contributed by atoms with Gasteiger partial charge in [-0.25, -0.2) is 4.98 Å². The number of aromatic amines is 1. The summed E-state index contributed by atoms with van der Waals surface area (Å²) in [5, 5.41) is 16.4. The molecule has 0 aliphatic heterocycles. The van der Waals surface area contributed by atoms with Crippen LogP contribution in [-0.4, -0.2) is 41.6 Å². The van der Waals surface area contributed by atoms with Crippen molar-refractivity contribution in [1.82, 2.24) is 35.5 Å². The fourth-order valence-electron chi connectivity index (χ4n) is 6.57. The summed E-state index contributed by atoms with van der Waals surface area (Å²) >= 11 is 1.29. The number of aromatic nitrogens is 6. The van der Waals surface area contributed by atoms with E-state index < -0.39 is 0 Å². The van der Waals surface area contributed by atoms with Crippen LogP contribution in [0.15, 0.2) is 17.4 Å². The van der Waals surface area contributed by atoms with Crippen LogP contribution in [0.2, 0.25) is 0 Å². The number of nitrogens with one attached hydrogen (secondary N) is 2. The third-order valence-corrected chi connectivity index (χ3v) is 8.32. The monoisotopic (exact) mass is 411 g/mol. The van der Waals surface area contributed by atoms with Crippen molar-refractivity contribution in [3.05, 3.63) is 33.4 Å². The molecular weight excluding hydrogens is 390 g/mol. The molecule has 150 valence electrons. The lowest BCUT2D eigenvalue weighted by Crippen LogP contribution is -2.66. The molecule has 4 bridgehead atoms. The lowest BCUT2D eigenvalue weighted by molar-refractivity contribution is -0.0810. The fourth-order valence-corrected chi connectivity index (χ4v) is 7.62. The average Bonchev–Trinajstić information content (AvgIpc) is 3.30. The number of rotatable bonds is 3. The molecule has 7 rings (SSSR count). The lowest BCUT2D eigenvalue weighted by atomic mass is 9.50. The Balaban J connectivity index is 1.36. The summed E-state index contributed by atoms with van der Waals surface area (Å²) in [6.45, 7) is 1.82. The number of H-pyrrole nitrogens is 1. The van der Waals surface area contributed by atoms with Crippen molar-refractivity contribution in [3.63, 3.8) is 0 Å². The van der Waals surface area contributed by atoms with E-state index in [1.807, 2.05) is 6.92 Å². The van der Waals surface area contributed by atoms with Crippen LogP contribution in [0, 0.1) is 18.8 Å². The van der Waals surface area contributed by atoms with Gasteiger partial charge in [0.15, 0.2) is 6.33 Å². The van der Waals surface area contributed by atoms with Gasteiger partial charge in [-0.1, -0.05) is 0 Å². The number of hydrogen-bond donors (Lipinski definition) is 2. The summed E-state index contributed by atoms with van der Waals surface area (Å²) in [6.07, 6.45) is 9.03. The first kappa shape index (κ1) is 17.3. The molecule has 1 amide bonds. The summed E-state index contributed by atoms with van der Waals surface area (Å²) in [4.78, 5) is 35.3. The third-order valence-electron chi connectivity index (χ3n) is 7.12. The van der Waals surface area contributed by atoms with Gasteiger partial charge in [0.25, 0.3) is 11.5 Å². The van der Waals surface area contributed by atoms with Crippen LogP contribution in [0.3, 0.4) is 0 Å². The first-order chi connectivity index (χ1) is 14.0. The van der Waals surface area contributed by atoms with E-state index >= 15 is 0 Å². The van der Waals surface area contributed by atoms with Crippen molar-refractivity contribution in [1.29, 1.82) is 0 Å². The van der Waals surface area contributed by atoms with Gasteiger partial charge < -0.3 is 10.3 Å². The van der Waals surface area contributed by atoms with Gasteiger partial charge in [0.05, 0.1) is 22.1 Å². The summed E-state index contributed by atoms with van der Waals surface area (Å²) in [5.74, 6) is 1.03. The van der Waals surface area contributed by atoms with Crippen molar-refractivity contribution >= 4 is 27.5 Å². The van der Waals surface area contributed by atoms with Crippen LogP contribution in [-0.2, 0) is 5.54 Å². The van der Waals surface area contributed by atoms with E-state index in [1.54, 1.807) is 4.80 Å². The van der Waals surface area contributed by atoms with Gasteiger partial charge in [-0.3, -0.25) is 9.59 Å². The molecule has 2 N–H and O–H groups in total. The van der Waals surface area contributed by atoms with Crippen molar-refractivity contribution in [2.45, 2.75) is 56.5 Å². The summed E-state index contributed by atoms with van der Waals surface area (Å²) in [5.41, 5.74) is 0.0991. The van der Waals surface area contributed by atoms with E-state index in [4.69, 9.17) is 0 Å². The van der Waals surface area contributed by atoms with Crippen molar-refractivity contribution in [2.75, 3.05) is 0 Å². The number of carbonyl (C=O) groups is 1. The molecule has 0 aromatic carbocycles. The maximum absolute atomic E-state index is 13.3. The zero-order valence-electron chi connectivity index (χ0n) is 16.0. The SMILES string of the molecule is Cc1c(C(=O)NC23CC4CC(C2)CC(n2ncnn2)(C4)C3)sc2nc[nH]c(=O)c12. The van der Waals surface area contributed by atoms with Gasteiger partial charge in [0.2, 0.25) is 0 Å². The smallest absolute Gasteiger partial charge is 0.262 e. The van der Waals surface area contributed by atoms with Gasteiger partial charge in [0, 0.05) is 5.54 Å². The van der Waals surface area contributed by atoms with E-state index in [9.17, 15) is 9.59 Å². The molecular formula is C19H21N7O2S. The highest BCUT2D eigenvalue weighted by atomic mass is 32.1. The number of amides is 1. The quantitative estimate of drug-likeness (QED) is 0.678. The van der Waals surface area contributed by atoms with Gasteiger partial charge in [-0.15, -0.1) is 21.5 Å². The minimum atomic E-state index is -0.253. The molecule has 4 aliphatic rings. The third kappa shape index (κ3) is 2.44. The molecule has 29 heavy (non-hydrogen) atoms. The van der Waals surface area contributed by atoms with Crippen LogP contribution in [0.25, 0.3) is 10.2 Å². The minimum Gasteiger partial charge on any atom is -0.346 e. The Kier molecular flexibility index (Phi) is 3.40. The Labute approximate surface area is 169 Å². The van der Waals surface area contributed by atoms with Crippen LogP contribution >= 0.6 is 11.3 Å². The summed E-state index contributed by atoms with van der Waals surface area (Å²) in [6, 6.07) is 0. The second-order valence-corrected chi connectivity index (χ2v) is 10.1. The molecule has 3 heterocycles. The Morgan fingerprint density at radius 1 is 1.31 bits per heavy atom. The Morgan fingerprint density at radius 3 is 2.79 bits per heavy atom. The molecule has 4 saturated carbocycles. The van der Waals surface area contributed by atoms with E-state index in [1.165, 1.54) is 30.4 Å². The largest absolute Gasteiger partial charge is 0.346 e. The maximum atomic E-state index is 13.3. The molecule has 4 fully saturated rings.